The Morgan fingerprint density at radius 1 is 1.30 bits per heavy atom. The third-order valence-electron chi connectivity index (χ3n) is 4.61. The second kappa shape index (κ2) is 4.68. The Kier molecular flexibility index (Phi) is 3.35. The van der Waals surface area contributed by atoms with Gasteiger partial charge < -0.3 is 0 Å². The van der Waals surface area contributed by atoms with Crippen LogP contribution in [0.2, 0.25) is 0 Å². The van der Waals surface area contributed by atoms with Gasteiger partial charge in [0.05, 0.1) is 4.90 Å². The molecule has 0 aromatic heterocycles. The molecule has 3 nitrogen and oxygen atoms in total. The van der Waals surface area contributed by atoms with Gasteiger partial charge >= 0.3 is 0 Å². The minimum Gasteiger partial charge on any atom is -0.207 e. The fourth-order valence-corrected chi connectivity index (χ4v) is 6.00. The van der Waals surface area contributed by atoms with Crippen LogP contribution in [0.3, 0.4) is 0 Å². The van der Waals surface area contributed by atoms with E-state index in [0.717, 1.165) is 6.42 Å². The summed E-state index contributed by atoms with van der Waals surface area (Å²) in [6, 6.07) is 8.72. The number of hydrogen-bond acceptors (Lipinski definition) is 2. The van der Waals surface area contributed by atoms with Crippen molar-refractivity contribution >= 4 is 26.0 Å². The van der Waals surface area contributed by atoms with Crippen molar-refractivity contribution in [1.29, 1.82) is 0 Å². The SMILES string of the molecule is CC1=C[C@@H](Br)[C@@H]2C[C@@]1(C)CN2S(=O)(=O)c1ccccc1. The Balaban J connectivity index is 2.02. The second-order valence-electron chi connectivity index (χ2n) is 5.99. The Bertz CT molecular complexity index is 656. The third kappa shape index (κ3) is 2.07. The topological polar surface area (TPSA) is 37.4 Å². The van der Waals surface area contributed by atoms with Crippen LogP contribution in [0.1, 0.15) is 20.3 Å². The van der Waals surface area contributed by atoms with Gasteiger partial charge in [0.2, 0.25) is 10.0 Å². The second-order valence-corrected chi connectivity index (χ2v) is 8.94. The molecule has 0 spiro atoms. The summed E-state index contributed by atoms with van der Waals surface area (Å²) in [6.07, 6.45) is 3.05. The van der Waals surface area contributed by atoms with Crippen LogP contribution in [-0.2, 0) is 10.0 Å². The minimum atomic E-state index is -3.42. The summed E-state index contributed by atoms with van der Waals surface area (Å²) in [6.45, 7) is 4.83. The normalized spacial score (nSPS) is 34.0. The van der Waals surface area contributed by atoms with Crippen molar-refractivity contribution < 1.29 is 8.42 Å². The molecule has 0 radical (unpaired) electrons. The van der Waals surface area contributed by atoms with Gasteiger partial charge in [0.1, 0.15) is 0 Å². The van der Waals surface area contributed by atoms with Crippen LogP contribution in [0.25, 0.3) is 0 Å². The molecular weight excluding hydrogens is 338 g/mol. The van der Waals surface area contributed by atoms with Crippen LogP contribution in [0.15, 0.2) is 46.9 Å². The maximum absolute atomic E-state index is 12.9. The van der Waals surface area contributed by atoms with E-state index in [1.54, 1.807) is 28.6 Å². The maximum Gasteiger partial charge on any atom is 0.243 e. The number of halogens is 1. The van der Waals surface area contributed by atoms with Crippen molar-refractivity contribution in [3.8, 4) is 0 Å². The molecule has 5 heteroatoms. The highest BCUT2D eigenvalue weighted by molar-refractivity contribution is 9.09. The molecule has 3 rings (SSSR count). The van der Waals surface area contributed by atoms with E-state index in [0.29, 0.717) is 11.4 Å². The molecule has 3 atom stereocenters. The fraction of sp³-hybridized carbons (Fsp3) is 0.467. The smallest absolute Gasteiger partial charge is 0.207 e. The lowest BCUT2D eigenvalue weighted by atomic mass is 9.76. The van der Waals surface area contributed by atoms with Crippen molar-refractivity contribution in [2.75, 3.05) is 6.54 Å². The van der Waals surface area contributed by atoms with Crippen LogP contribution < -0.4 is 0 Å². The lowest BCUT2D eigenvalue weighted by molar-refractivity contribution is 0.391. The molecule has 0 saturated carbocycles. The summed E-state index contributed by atoms with van der Waals surface area (Å²) in [5.41, 5.74) is 1.25. The van der Waals surface area contributed by atoms with Crippen molar-refractivity contribution in [2.45, 2.75) is 36.0 Å². The molecular formula is C15H18BrNO2S. The van der Waals surface area contributed by atoms with Crippen LogP contribution in [0.5, 0.6) is 0 Å². The first-order chi connectivity index (χ1) is 9.34. The minimum absolute atomic E-state index is 0.00825. The zero-order valence-corrected chi connectivity index (χ0v) is 14.0. The van der Waals surface area contributed by atoms with Gasteiger partial charge in [-0.15, -0.1) is 0 Å². The van der Waals surface area contributed by atoms with Crippen LogP contribution in [0, 0.1) is 5.41 Å². The van der Waals surface area contributed by atoms with Gasteiger partial charge in [-0.25, -0.2) is 8.42 Å². The van der Waals surface area contributed by atoms with Crippen molar-refractivity contribution in [3.05, 3.63) is 42.0 Å². The van der Waals surface area contributed by atoms with Crippen LogP contribution >= 0.6 is 15.9 Å². The van der Waals surface area contributed by atoms with Crippen LogP contribution in [0.4, 0.5) is 0 Å². The zero-order valence-electron chi connectivity index (χ0n) is 11.6. The summed E-state index contributed by atoms with van der Waals surface area (Å²) in [5, 5.41) is 0. The highest BCUT2D eigenvalue weighted by atomic mass is 79.9. The molecule has 1 aliphatic carbocycles. The summed E-state index contributed by atoms with van der Waals surface area (Å²) in [5.74, 6) is 0. The highest BCUT2D eigenvalue weighted by Gasteiger charge is 2.51. The zero-order chi connectivity index (χ0) is 14.5. The molecule has 1 aromatic carbocycles. The lowest BCUT2D eigenvalue weighted by Gasteiger charge is -2.30. The van der Waals surface area contributed by atoms with Gasteiger partial charge in [-0.2, -0.15) is 4.31 Å². The van der Waals surface area contributed by atoms with Crippen molar-refractivity contribution in [3.63, 3.8) is 0 Å². The summed E-state index contributed by atoms with van der Waals surface area (Å²) >= 11 is 3.63. The molecule has 1 heterocycles. The van der Waals surface area contributed by atoms with E-state index < -0.39 is 10.0 Å². The molecule has 108 valence electrons. The summed E-state index contributed by atoms with van der Waals surface area (Å²) < 4.78 is 27.4. The average Bonchev–Trinajstić information content (AvgIpc) is 2.75. The molecule has 1 saturated heterocycles. The fourth-order valence-electron chi connectivity index (χ4n) is 3.19. The van der Waals surface area contributed by atoms with E-state index in [4.69, 9.17) is 0 Å². The van der Waals surface area contributed by atoms with E-state index in [2.05, 4.69) is 35.9 Å². The average molecular weight is 356 g/mol. The van der Waals surface area contributed by atoms with E-state index >= 15 is 0 Å². The Morgan fingerprint density at radius 2 is 1.95 bits per heavy atom. The van der Waals surface area contributed by atoms with Crippen LogP contribution in [-0.4, -0.2) is 30.1 Å². The van der Waals surface area contributed by atoms with E-state index in [-0.39, 0.29) is 16.3 Å². The van der Waals surface area contributed by atoms with Gasteiger partial charge in [-0.1, -0.05) is 52.7 Å². The summed E-state index contributed by atoms with van der Waals surface area (Å²) in [7, 11) is -3.42. The summed E-state index contributed by atoms with van der Waals surface area (Å²) in [4.78, 5) is 0.477. The Hall–Kier alpha value is -0.650. The lowest BCUT2D eigenvalue weighted by Crippen LogP contribution is -2.39. The molecule has 20 heavy (non-hydrogen) atoms. The monoisotopic (exact) mass is 355 g/mol. The van der Waals surface area contributed by atoms with Gasteiger partial charge in [0, 0.05) is 22.8 Å². The van der Waals surface area contributed by atoms with E-state index in [9.17, 15) is 8.42 Å². The molecule has 0 amide bonds. The number of benzene rings is 1. The maximum atomic E-state index is 12.9. The number of fused-ring (bicyclic) bond motifs is 2. The molecule has 0 N–H and O–H groups in total. The largest absolute Gasteiger partial charge is 0.243 e. The standard InChI is InChI=1S/C15H18BrNO2S/c1-11-8-13(16)14-9-15(11,2)10-17(14)20(18,19)12-6-4-3-5-7-12/h3-8,13-14H,9-10H2,1-2H3/t13-,14+,15+/m1/s1. The molecule has 0 unspecified atom stereocenters. The van der Waals surface area contributed by atoms with Gasteiger partial charge in [0.25, 0.3) is 0 Å². The molecule has 1 aromatic rings. The first kappa shape index (κ1) is 14.3. The Labute approximate surface area is 128 Å². The number of rotatable bonds is 2. The van der Waals surface area contributed by atoms with Gasteiger partial charge in [-0.3, -0.25) is 0 Å². The Morgan fingerprint density at radius 3 is 2.60 bits per heavy atom. The molecule has 2 bridgehead atoms. The van der Waals surface area contributed by atoms with Gasteiger partial charge in [-0.05, 0) is 25.5 Å². The number of nitrogens with zero attached hydrogens (tertiary/aromatic N) is 1. The predicted molar refractivity (Wildman–Crippen MR) is 83.3 cm³/mol. The third-order valence-corrected chi connectivity index (χ3v) is 7.37. The number of alkyl halides is 1. The highest BCUT2D eigenvalue weighted by Crippen LogP contribution is 2.49. The van der Waals surface area contributed by atoms with Crippen molar-refractivity contribution in [1.82, 2.24) is 4.31 Å². The number of hydrogen-bond donors (Lipinski definition) is 0. The van der Waals surface area contributed by atoms with E-state index in [1.165, 1.54) is 5.57 Å². The quantitative estimate of drug-likeness (QED) is 0.603. The number of sulfonamides is 1. The van der Waals surface area contributed by atoms with Gasteiger partial charge in [0.15, 0.2) is 0 Å². The molecule has 2 aliphatic rings. The molecule has 1 fully saturated rings. The first-order valence-corrected chi connectivity index (χ1v) is 9.10. The van der Waals surface area contributed by atoms with E-state index in [1.807, 2.05) is 6.07 Å². The first-order valence-electron chi connectivity index (χ1n) is 6.74. The molecule has 1 aliphatic heterocycles. The predicted octanol–water partition coefficient (Wildman–Crippen LogP) is 3.18. The van der Waals surface area contributed by atoms with Crippen molar-refractivity contribution in [2.24, 2.45) is 5.41 Å².